The van der Waals surface area contributed by atoms with E-state index in [1.165, 1.54) is 6.26 Å². The molecule has 0 bridgehead atoms. The Balaban J connectivity index is 2.27. The van der Waals surface area contributed by atoms with Crippen LogP contribution < -0.4 is 5.32 Å². The molecule has 4 heteroatoms. The molecule has 0 aliphatic heterocycles. The first-order chi connectivity index (χ1) is 6.20. The predicted octanol–water partition coefficient (Wildman–Crippen LogP) is 0.571. The zero-order valence-electron chi connectivity index (χ0n) is 7.91. The molecule has 0 aliphatic rings. The lowest BCUT2D eigenvalue weighted by molar-refractivity contribution is 0.0923. The zero-order valence-corrected chi connectivity index (χ0v) is 7.91. The molecule has 0 unspecified atom stereocenters. The number of rotatable bonds is 4. The Hall–Kier alpha value is -1.29. The van der Waals surface area contributed by atoms with Crippen LogP contribution in [0, 0.1) is 0 Å². The van der Waals surface area contributed by atoms with Crippen molar-refractivity contribution >= 4 is 5.91 Å². The fourth-order valence-electron chi connectivity index (χ4n) is 0.888. The van der Waals surface area contributed by atoms with Gasteiger partial charge in [0.05, 0.1) is 6.26 Å². The third-order valence-corrected chi connectivity index (χ3v) is 1.59. The molecular weight excluding hydrogens is 168 g/mol. The van der Waals surface area contributed by atoms with Crippen molar-refractivity contribution in [3.8, 4) is 0 Å². The highest BCUT2D eigenvalue weighted by atomic mass is 16.3. The van der Waals surface area contributed by atoms with Crippen LogP contribution in [0.25, 0.3) is 0 Å². The van der Waals surface area contributed by atoms with Gasteiger partial charge in [0.1, 0.15) is 0 Å². The normalized spacial score (nSPS) is 10.4. The Labute approximate surface area is 77.5 Å². The Bertz CT molecular complexity index is 255. The van der Waals surface area contributed by atoms with Crippen LogP contribution >= 0.6 is 0 Å². The van der Waals surface area contributed by atoms with Gasteiger partial charge in [-0.15, -0.1) is 0 Å². The molecule has 1 amide bonds. The number of carbonyl (C=O) groups is 1. The lowest BCUT2D eigenvalue weighted by Crippen LogP contribution is -2.31. The van der Waals surface area contributed by atoms with Crippen molar-refractivity contribution < 1.29 is 9.21 Å². The maximum atomic E-state index is 11.3. The number of nitrogens with zero attached hydrogens (tertiary/aromatic N) is 1. The van der Waals surface area contributed by atoms with Gasteiger partial charge in [0.15, 0.2) is 5.76 Å². The minimum Gasteiger partial charge on any atom is -0.459 e. The van der Waals surface area contributed by atoms with Crippen LogP contribution in [-0.4, -0.2) is 38.0 Å². The molecule has 1 aromatic rings. The lowest BCUT2D eigenvalue weighted by atomic mass is 10.4. The number of hydrogen-bond acceptors (Lipinski definition) is 3. The van der Waals surface area contributed by atoms with Crippen LogP contribution in [0.4, 0.5) is 0 Å². The molecule has 0 saturated heterocycles. The summed E-state index contributed by atoms with van der Waals surface area (Å²) in [4.78, 5) is 13.3. The highest BCUT2D eigenvalue weighted by molar-refractivity contribution is 5.91. The first-order valence-corrected chi connectivity index (χ1v) is 4.16. The monoisotopic (exact) mass is 182 g/mol. The summed E-state index contributed by atoms with van der Waals surface area (Å²) >= 11 is 0. The first-order valence-electron chi connectivity index (χ1n) is 4.16. The summed E-state index contributed by atoms with van der Waals surface area (Å²) in [5, 5.41) is 2.74. The lowest BCUT2D eigenvalue weighted by Gasteiger charge is -2.09. The SMILES string of the molecule is CN(C)CCNC(=O)c1ccco1. The number of nitrogens with one attached hydrogen (secondary N) is 1. The van der Waals surface area contributed by atoms with E-state index in [0.717, 1.165) is 6.54 Å². The minimum atomic E-state index is -0.160. The molecule has 0 saturated carbocycles. The zero-order chi connectivity index (χ0) is 9.68. The molecule has 0 radical (unpaired) electrons. The van der Waals surface area contributed by atoms with Crippen LogP contribution in [0.2, 0.25) is 0 Å². The molecule has 1 aromatic heterocycles. The Morgan fingerprint density at radius 3 is 2.92 bits per heavy atom. The van der Waals surface area contributed by atoms with E-state index < -0.39 is 0 Å². The van der Waals surface area contributed by atoms with Gasteiger partial charge in [0, 0.05) is 13.1 Å². The minimum absolute atomic E-state index is 0.160. The molecule has 1 heterocycles. The average molecular weight is 182 g/mol. The molecule has 0 fully saturated rings. The van der Waals surface area contributed by atoms with Crippen LogP contribution in [0.15, 0.2) is 22.8 Å². The molecule has 1 N–H and O–H groups in total. The molecule has 72 valence electrons. The van der Waals surface area contributed by atoms with Gasteiger partial charge in [-0.2, -0.15) is 0 Å². The fraction of sp³-hybridized carbons (Fsp3) is 0.444. The van der Waals surface area contributed by atoms with Gasteiger partial charge in [-0.05, 0) is 26.2 Å². The Kier molecular flexibility index (Phi) is 3.52. The molecule has 0 spiro atoms. The fourth-order valence-corrected chi connectivity index (χ4v) is 0.888. The van der Waals surface area contributed by atoms with Gasteiger partial charge in [-0.3, -0.25) is 4.79 Å². The van der Waals surface area contributed by atoms with E-state index in [0.29, 0.717) is 12.3 Å². The van der Waals surface area contributed by atoms with E-state index in [9.17, 15) is 4.79 Å². The van der Waals surface area contributed by atoms with Crippen LogP contribution in [-0.2, 0) is 0 Å². The number of likely N-dealkylation sites (N-methyl/N-ethyl adjacent to an activating group) is 1. The summed E-state index contributed by atoms with van der Waals surface area (Å²) in [6.45, 7) is 1.46. The van der Waals surface area contributed by atoms with Gasteiger partial charge in [-0.25, -0.2) is 0 Å². The summed E-state index contributed by atoms with van der Waals surface area (Å²) < 4.78 is 4.93. The molecule has 1 rings (SSSR count). The van der Waals surface area contributed by atoms with Crippen molar-refractivity contribution in [2.75, 3.05) is 27.2 Å². The highest BCUT2D eigenvalue weighted by Crippen LogP contribution is 1.98. The van der Waals surface area contributed by atoms with Crippen molar-refractivity contribution in [3.63, 3.8) is 0 Å². The topological polar surface area (TPSA) is 45.5 Å². The summed E-state index contributed by atoms with van der Waals surface area (Å²) in [6, 6.07) is 3.34. The number of amides is 1. The summed E-state index contributed by atoms with van der Waals surface area (Å²) in [5.41, 5.74) is 0. The van der Waals surface area contributed by atoms with Crippen molar-refractivity contribution in [3.05, 3.63) is 24.2 Å². The van der Waals surface area contributed by atoms with E-state index in [1.54, 1.807) is 12.1 Å². The molecule has 0 aromatic carbocycles. The molecule has 13 heavy (non-hydrogen) atoms. The Morgan fingerprint density at radius 2 is 2.38 bits per heavy atom. The maximum absolute atomic E-state index is 11.3. The summed E-state index contributed by atoms with van der Waals surface area (Å²) in [5.74, 6) is 0.200. The van der Waals surface area contributed by atoms with E-state index >= 15 is 0 Å². The quantitative estimate of drug-likeness (QED) is 0.740. The van der Waals surface area contributed by atoms with Crippen molar-refractivity contribution in [2.24, 2.45) is 0 Å². The van der Waals surface area contributed by atoms with E-state index in [4.69, 9.17) is 4.42 Å². The van der Waals surface area contributed by atoms with E-state index in [-0.39, 0.29) is 5.91 Å². The molecular formula is C9H14N2O2. The highest BCUT2D eigenvalue weighted by Gasteiger charge is 2.06. The molecule has 4 nitrogen and oxygen atoms in total. The second-order valence-electron chi connectivity index (χ2n) is 3.04. The number of hydrogen-bond donors (Lipinski definition) is 1. The molecule has 0 atom stereocenters. The second-order valence-corrected chi connectivity index (χ2v) is 3.04. The van der Waals surface area contributed by atoms with Gasteiger partial charge in [0.25, 0.3) is 5.91 Å². The van der Waals surface area contributed by atoms with Crippen molar-refractivity contribution in [1.82, 2.24) is 10.2 Å². The van der Waals surface area contributed by atoms with Gasteiger partial charge in [-0.1, -0.05) is 0 Å². The summed E-state index contributed by atoms with van der Waals surface area (Å²) in [7, 11) is 3.91. The number of carbonyl (C=O) groups excluding carboxylic acids is 1. The Morgan fingerprint density at radius 1 is 1.62 bits per heavy atom. The summed E-state index contributed by atoms with van der Waals surface area (Å²) in [6.07, 6.45) is 1.49. The van der Waals surface area contributed by atoms with Crippen LogP contribution in [0.5, 0.6) is 0 Å². The largest absolute Gasteiger partial charge is 0.459 e. The van der Waals surface area contributed by atoms with E-state index in [1.807, 2.05) is 19.0 Å². The van der Waals surface area contributed by atoms with E-state index in [2.05, 4.69) is 5.32 Å². The third-order valence-electron chi connectivity index (χ3n) is 1.59. The smallest absolute Gasteiger partial charge is 0.287 e. The third kappa shape index (κ3) is 3.29. The number of furan rings is 1. The standard InChI is InChI=1S/C9H14N2O2/c1-11(2)6-5-10-9(12)8-4-3-7-13-8/h3-4,7H,5-6H2,1-2H3,(H,10,12). The van der Waals surface area contributed by atoms with Gasteiger partial charge < -0.3 is 14.6 Å². The van der Waals surface area contributed by atoms with Gasteiger partial charge in [0.2, 0.25) is 0 Å². The average Bonchev–Trinajstić information content (AvgIpc) is 2.55. The van der Waals surface area contributed by atoms with Crippen molar-refractivity contribution in [1.29, 1.82) is 0 Å². The first kappa shape index (κ1) is 9.80. The van der Waals surface area contributed by atoms with Crippen molar-refractivity contribution in [2.45, 2.75) is 0 Å². The van der Waals surface area contributed by atoms with Gasteiger partial charge >= 0.3 is 0 Å². The predicted molar refractivity (Wildman–Crippen MR) is 49.6 cm³/mol. The van der Waals surface area contributed by atoms with Crippen LogP contribution in [0.3, 0.4) is 0 Å². The maximum Gasteiger partial charge on any atom is 0.287 e. The van der Waals surface area contributed by atoms with Crippen LogP contribution in [0.1, 0.15) is 10.6 Å². The second kappa shape index (κ2) is 4.67. The molecule has 0 aliphatic carbocycles.